The molecule has 1 heterocycles. The van der Waals surface area contributed by atoms with Gasteiger partial charge in [-0.15, -0.1) is 0 Å². The number of aryl methyl sites for hydroxylation is 1. The third kappa shape index (κ3) is 5.00. The van der Waals surface area contributed by atoms with Crippen LogP contribution < -0.4 is 11.1 Å². The number of aromatic hydroxyl groups is 1. The van der Waals surface area contributed by atoms with E-state index in [0.29, 0.717) is 16.9 Å². The lowest BCUT2D eigenvalue weighted by Crippen LogP contribution is -2.27. The van der Waals surface area contributed by atoms with Crippen LogP contribution in [0, 0.1) is 12.7 Å². The molecule has 6 nitrogen and oxygen atoms in total. The van der Waals surface area contributed by atoms with Gasteiger partial charge < -0.3 is 15.2 Å². The molecule has 3 rings (SSSR count). The molecule has 0 saturated heterocycles. The molecule has 29 heavy (non-hydrogen) atoms. The fourth-order valence-electron chi connectivity index (χ4n) is 2.96. The summed E-state index contributed by atoms with van der Waals surface area (Å²) in [5.41, 5.74) is 7.83. The van der Waals surface area contributed by atoms with E-state index in [1.54, 1.807) is 35.9 Å². The molecule has 0 unspecified atom stereocenters. The molecule has 152 valence electrons. The largest absolute Gasteiger partial charge is 0.508 e. The molecule has 0 radical (unpaired) electrons. The number of amides is 1. The standard InChI is InChI=1S/C22H24FN3O3/c1-14-8-16(23)10-17(9-14)25-21(28)20(19-11-26(19)13-24)29-12-22(2,3)15-4-6-18(27)7-5-15/h4-11H,12-13,24H2,1-3H3,(H-,25,27,28)/p+1/b20-19-. The molecule has 0 aromatic heterocycles. The Balaban J connectivity index is 1.77. The van der Waals surface area contributed by atoms with Gasteiger partial charge in [-0.3, -0.25) is 10.5 Å². The van der Waals surface area contributed by atoms with Crippen LogP contribution in [0.2, 0.25) is 0 Å². The number of ether oxygens (including phenoxy) is 1. The van der Waals surface area contributed by atoms with Crippen molar-refractivity contribution in [2.75, 3.05) is 18.6 Å². The number of anilines is 1. The molecular formula is C22H25FN3O3+. The van der Waals surface area contributed by atoms with E-state index in [0.717, 1.165) is 5.56 Å². The van der Waals surface area contributed by atoms with Gasteiger partial charge in [0.2, 0.25) is 12.9 Å². The number of phenolic OH excluding ortho intramolecular Hbond substituents is 1. The van der Waals surface area contributed by atoms with Crippen LogP contribution in [0.1, 0.15) is 25.0 Å². The summed E-state index contributed by atoms with van der Waals surface area (Å²) >= 11 is 0. The molecule has 1 aliphatic heterocycles. The first-order valence-electron chi connectivity index (χ1n) is 9.26. The Hall–Kier alpha value is -3.19. The molecule has 0 fully saturated rings. The van der Waals surface area contributed by atoms with Crippen LogP contribution >= 0.6 is 0 Å². The van der Waals surface area contributed by atoms with Crippen LogP contribution in [-0.4, -0.2) is 35.1 Å². The number of hydrogen-bond acceptors (Lipinski definition) is 4. The average molecular weight is 398 g/mol. The van der Waals surface area contributed by atoms with Gasteiger partial charge in [-0.1, -0.05) is 26.0 Å². The number of hydrogen-bond donors (Lipinski definition) is 3. The summed E-state index contributed by atoms with van der Waals surface area (Å²) in [6, 6.07) is 11.2. The minimum absolute atomic E-state index is 0.129. The Labute approximate surface area is 169 Å². The van der Waals surface area contributed by atoms with E-state index in [-0.39, 0.29) is 24.8 Å². The fraction of sp³-hybridized carbons (Fsp3) is 0.273. The monoisotopic (exact) mass is 398 g/mol. The number of nitrogens with two attached hydrogens (primary N) is 1. The van der Waals surface area contributed by atoms with Crippen molar-refractivity contribution in [3.63, 3.8) is 0 Å². The van der Waals surface area contributed by atoms with Gasteiger partial charge in [-0.05, 0) is 48.4 Å². The van der Waals surface area contributed by atoms with E-state index in [4.69, 9.17) is 10.5 Å². The van der Waals surface area contributed by atoms with Crippen molar-refractivity contribution >= 4 is 17.8 Å². The van der Waals surface area contributed by atoms with Crippen molar-refractivity contribution in [1.82, 2.24) is 0 Å². The van der Waals surface area contributed by atoms with E-state index in [9.17, 15) is 14.3 Å². The number of nitrogens with zero attached hydrogens (tertiary/aromatic N) is 1. The number of carbonyl (C=O) groups excluding carboxylic acids is 1. The number of carbonyl (C=O) groups is 1. The quantitative estimate of drug-likeness (QED) is 0.380. The zero-order valence-electron chi connectivity index (χ0n) is 16.7. The Morgan fingerprint density at radius 3 is 2.52 bits per heavy atom. The normalized spacial score (nSPS) is 14.9. The Morgan fingerprint density at radius 2 is 1.93 bits per heavy atom. The van der Waals surface area contributed by atoms with Crippen LogP contribution in [0.3, 0.4) is 0 Å². The number of rotatable bonds is 7. The van der Waals surface area contributed by atoms with Crippen molar-refractivity contribution < 1.29 is 23.6 Å². The molecule has 1 amide bonds. The summed E-state index contributed by atoms with van der Waals surface area (Å²) in [6.07, 6.45) is 1.72. The summed E-state index contributed by atoms with van der Waals surface area (Å²) in [7, 11) is 0. The fourth-order valence-corrected chi connectivity index (χ4v) is 2.96. The zero-order valence-corrected chi connectivity index (χ0v) is 16.7. The maximum absolute atomic E-state index is 13.6. The van der Waals surface area contributed by atoms with Gasteiger partial charge in [0.05, 0.1) is 6.61 Å². The molecule has 2 aromatic carbocycles. The van der Waals surface area contributed by atoms with Gasteiger partial charge in [0.25, 0.3) is 11.7 Å². The van der Waals surface area contributed by atoms with Crippen molar-refractivity contribution in [2.24, 2.45) is 5.73 Å². The van der Waals surface area contributed by atoms with E-state index in [2.05, 4.69) is 5.32 Å². The molecule has 0 atom stereocenters. The number of phenols is 1. The van der Waals surface area contributed by atoms with E-state index < -0.39 is 17.1 Å². The van der Waals surface area contributed by atoms with Gasteiger partial charge in [-0.25, -0.2) is 4.39 Å². The van der Waals surface area contributed by atoms with Crippen LogP contribution in [0.25, 0.3) is 0 Å². The number of benzene rings is 2. The van der Waals surface area contributed by atoms with Crippen molar-refractivity contribution in [2.45, 2.75) is 26.2 Å². The highest BCUT2D eigenvalue weighted by atomic mass is 19.1. The maximum Gasteiger partial charge on any atom is 0.319 e. The number of allylic oxidation sites excluding steroid dienone is 1. The third-order valence-corrected chi connectivity index (χ3v) is 4.68. The topological polar surface area (TPSA) is 87.6 Å². The minimum atomic E-state index is -0.473. The van der Waals surface area contributed by atoms with Crippen molar-refractivity contribution in [3.05, 3.63) is 70.9 Å². The first-order valence-corrected chi connectivity index (χ1v) is 9.26. The highest BCUT2D eigenvalue weighted by Gasteiger charge is 2.38. The molecule has 1 aliphatic rings. The summed E-state index contributed by atoms with van der Waals surface area (Å²) in [5, 5.41) is 12.2. The lowest BCUT2D eigenvalue weighted by molar-refractivity contribution is -0.404. The third-order valence-electron chi connectivity index (χ3n) is 4.68. The van der Waals surface area contributed by atoms with Gasteiger partial charge >= 0.3 is 5.70 Å². The molecule has 0 bridgehead atoms. The van der Waals surface area contributed by atoms with Gasteiger partial charge in [-0.2, -0.15) is 4.58 Å². The Bertz CT molecular complexity index is 975. The Morgan fingerprint density at radius 1 is 1.24 bits per heavy atom. The number of halogens is 1. The first kappa shape index (κ1) is 20.5. The maximum atomic E-state index is 13.6. The minimum Gasteiger partial charge on any atom is -0.508 e. The molecule has 2 aromatic rings. The molecule has 0 saturated carbocycles. The van der Waals surface area contributed by atoms with Crippen LogP contribution in [0.5, 0.6) is 5.75 Å². The SMILES string of the molecule is Cc1cc(F)cc(NC(=O)/C(OCC(C)(C)c2ccc(O)cc2)=C2C=[N+]\2CN)c1. The first-order chi connectivity index (χ1) is 13.7. The highest BCUT2D eigenvalue weighted by molar-refractivity contribution is 6.06. The Kier molecular flexibility index (Phi) is 5.70. The summed E-state index contributed by atoms with van der Waals surface area (Å²) in [6.45, 7) is 6.16. The second kappa shape index (κ2) is 8.05. The summed E-state index contributed by atoms with van der Waals surface area (Å²) < 4.78 is 21.3. The second-order valence-electron chi connectivity index (χ2n) is 7.69. The molecule has 7 heteroatoms. The average Bonchev–Trinajstić information content (AvgIpc) is 3.40. The zero-order chi connectivity index (χ0) is 21.2. The van der Waals surface area contributed by atoms with Gasteiger partial charge in [0.1, 0.15) is 11.6 Å². The van der Waals surface area contributed by atoms with E-state index in [1.807, 2.05) is 26.0 Å². The predicted octanol–water partition coefficient (Wildman–Crippen LogP) is 3.00. The van der Waals surface area contributed by atoms with Crippen LogP contribution in [0.15, 0.2) is 53.9 Å². The van der Waals surface area contributed by atoms with Crippen molar-refractivity contribution in [1.29, 1.82) is 0 Å². The van der Waals surface area contributed by atoms with Crippen molar-refractivity contribution in [3.8, 4) is 5.75 Å². The lowest BCUT2D eigenvalue weighted by atomic mass is 9.85. The molecule has 0 spiro atoms. The van der Waals surface area contributed by atoms with Gasteiger partial charge in [0, 0.05) is 11.1 Å². The lowest BCUT2D eigenvalue weighted by Gasteiger charge is -2.25. The van der Waals surface area contributed by atoms with E-state index >= 15 is 0 Å². The van der Waals surface area contributed by atoms with E-state index in [1.165, 1.54) is 12.1 Å². The van der Waals surface area contributed by atoms with Crippen LogP contribution in [0.4, 0.5) is 10.1 Å². The summed E-state index contributed by atoms with van der Waals surface area (Å²) in [5.74, 6) is -0.586. The molecule has 0 aliphatic carbocycles. The highest BCUT2D eigenvalue weighted by Crippen LogP contribution is 2.27. The summed E-state index contributed by atoms with van der Waals surface area (Å²) in [4.78, 5) is 12.8. The molecule has 4 N–H and O–H groups in total. The van der Waals surface area contributed by atoms with Gasteiger partial charge in [0.15, 0.2) is 0 Å². The second-order valence-corrected chi connectivity index (χ2v) is 7.69. The predicted molar refractivity (Wildman–Crippen MR) is 109 cm³/mol. The number of nitrogens with one attached hydrogen (secondary N) is 1. The molecular weight excluding hydrogens is 373 g/mol. The smallest absolute Gasteiger partial charge is 0.319 e. The van der Waals surface area contributed by atoms with Crippen LogP contribution in [-0.2, 0) is 14.9 Å².